The van der Waals surface area contributed by atoms with Gasteiger partial charge in [0.15, 0.2) is 16.4 Å². The Bertz CT molecular complexity index is 1180. The molecule has 1 N–H and O–H groups in total. The molecular formula is C23H28N2O5S. The first-order valence-corrected chi connectivity index (χ1v) is 11.3. The minimum Gasteiger partial charge on any atom is -0.493 e. The Balaban J connectivity index is 2.06. The maximum absolute atomic E-state index is 13.2. The van der Waals surface area contributed by atoms with E-state index in [9.17, 15) is 13.2 Å². The van der Waals surface area contributed by atoms with Gasteiger partial charge in [-0.1, -0.05) is 18.2 Å². The molecule has 1 unspecified atom stereocenters. The van der Waals surface area contributed by atoms with Crippen molar-refractivity contribution in [2.45, 2.75) is 33.7 Å². The van der Waals surface area contributed by atoms with Crippen molar-refractivity contribution in [2.75, 3.05) is 25.6 Å². The second-order valence-electron chi connectivity index (χ2n) is 7.69. The molecule has 8 heteroatoms. The van der Waals surface area contributed by atoms with Crippen LogP contribution in [0.2, 0.25) is 0 Å². The standard InChI is InChI=1S/C23H28N2O5S/c1-13-8-9-17(10-14(13)2)16(4)24-23(26)22-15(3)18-11-20(29-6)21(30-7)12-19(18)25(5)31(22,27)28/h8-12,16H,1-7H3,(H,24,26). The molecule has 3 rings (SSSR count). The molecule has 0 aromatic heterocycles. The maximum Gasteiger partial charge on any atom is 0.269 e. The van der Waals surface area contributed by atoms with E-state index in [1.807, 2.05) is 39.0 Å². The second-order valence-corrected chi connectivity index (χ2v) is 9.60. The third-order valence-electron chi connectivity index (χ3n) is 5.79. The van der Waals surface area contributed by atoms with Crippen LogP contribution in [0.5, 0.6) is 11.5 Å². The summed E-state index contributed by atoms with van der Waals surface area (Å²) in [6, 6.07) is 8.84. The second kappa shape index (κ2) is 8.26. The smallest absolute Gasteiger partial charge is 0.269 e. The molecule has 1 atom stereocenters. The zero-order valence-electron chi connectivity index (χ0n) is 18.9. The maximum atomic E-state index is 13.2. The Morgan fingerprint density at radius 3 is 2.19 bits per heavy atom. The number of hydrogen-bond donors (Lipinski definition) is 1. The lowest BCUT2D eigenvalue weighted by molar-refractivity contribution is -0.117. The summed E-state index contributed by atoms with van der Waals surface area (Å²) in [5.41, 5.74) is 4.54. The number of benzene rings is 2. The molecule has 1 heterocycles. The average molecular weight is 445 g/mol. The van der Waals surface area contributed by atoms with Gasteiger partial charge in [-0.05, 0) is 56.0 Å². The van der Waals surface area contributed by atoms with Crippen LogP contribution in [0.15, 0.2) is 35.2 Å². The number of aryl methyl sites for hydroxylation is 2. The minimum absolute atomic E-state index is 0.273. The molecule has 7 nitrogen and oxygen atoms in total. The number of carbonyl (C=O) groups is 1. The highest BCUT2D eigenvalue weighted by atomic mass is 32.2. The fourth-order valence-corrected chi connectivity index (χ4v) is 5.15. The van der Waals surface area contributed by atoms with Crippen LogP contribution in [-0.2, 0) is 14.8 Å². The summed E-state index contributed by atoms with van der Waals surface area (Å²) in [6.07, 6.45) is 0. The van der Waals surface area contributed by atoms with Crippen molar-refractivity contribution in [3.05, 3.63) is 57.5 Å². The fourth-order valence-electron chi connectivity index (χ4n) is 3.68. The number of rotatable bonds is 5. The van der Waals surface area contributed by atoms with Crippen molar-refractivity contribution in [3.8, 4) is 11.5 Å². The molecule has 0 fully saturated rings. The van der Waals surface area contributed by atoms with E-state index in [1.165, 1.54) is 21.3 Å². The third-order valence-corrected chi connectivity index (χ3v) is 7.71. The van der Waals surface area contributed by atoms with Gasteiger partial charge in [-0.2, -0.15) is 0 Å². The number of carbonyl (C=O) groups excluding carboxylic acids is 1. The van der Waals surface area contributed by atoms with Gasteiger partial charge < -0.3 is 14.8 Å². The van der Waals surface area contributed by atoms with Crippen molar-refractivity contribution < 1.29 is 22.7 Å². The van der Waals surface area contributed by atoms with E-state index in [2.05, 4.69) is 5.32 Å². The first-order valence-electron chi connectivity index (χ1n) is 9.87. The number of methoxy groups -OCH3 is 2. The first kappa shape index (κ1) is 22.7. The molecule has 1 aliphatic heterocycles. The van der Waals surface area contributed by atoms with Crippen LogP contribution in [0.25, 0.3) is 5.57 Å². The average Bonchev–Trinajstić information content (AvgIpc) is 2.72. The quantitative estimate of drug-likeness (QED) is 0.760. The lowest BCUT2D eigenvalue weighted by Gasteiger charge is -2.31. The van der Waals surface area contributed by atoms with Gasteiger partial charge in [0.05, 0.1) is 25.9 Å². The first-order chi connectivity index (χ1) is 14.5. The SMILES string of the molecule is COc1cc2c(cc1OC)N(C)S(=O)(=O)C(C(=O)NC(C)c1ccc(C)c(C)c1)=C2C. The van der Waals surface area contributed by atoms with Crippen LogP contribution in [0.4, 0.5) is 5.69 Å². The molecule has 31 heavy (non-hydrogen) atoms. The number of fused-ring (bicyclic) bond motifs is 1. The molecule has 0 radical (unpaired) electrons. The summed E-state index contributed by atoms with van der Waals surface area (Å²) >= 11 is 0. The van der Waals surface area contributed by atoms with Crippen LogP contribution in [-0.4, -0.2) is 35.6 Å². The predicted octanol–water partition coefficient (Wildman–Crippen LogP) is 3.71. The Morgan fingerprint density at radius 2 is 1.61 bits per heavy atom. The summed E-state index contributed by atoms with van der Waals surface area (Å²) in [7, 11) is 0.365. The van der Waals surface area contributed by atoms with Gasteiger partial charge in [0.2, 0.25) is 0 Å². The summed E-state index contributed by atoms with van der Waals surface area (Å²) in [4.78, 5) is 12.9. The van der Waals surface area contributed by atoms with Crippen LogP contribution >= 0.6 is 0 Å². The van der Waals surface area contributed by atoms with Crippen LogP contribution in [0.1, 0.15) is 42.1 Å². The van der Waals surface area contributed by atoms with Gasteiger partial charge in [0.25, 0.3) is 15.9 Å². The number of anilines is 1. The zero-order chi connectivity index (χ0) is 23.1. The minimum atomic E-state index is -4.05. The van der Waals surface area contributed by atoms with Crippen molar-refractivity contribution in [1.82, 2.24) is 5.32 Å². The van der Waals surface area contributed by atoms with Gasteiger partial charge in [-0.25, -0.2) is 8.42 Å². The highest BCUT2D eigenvalue weighted by Gasteiger charge is 2.38. The Kier molecular flexibility index (Phi) is 6.04. The predicted molar refractivity (Wildman–Crippen MR) is 122 cm³/mol. The Labute approximate surface area is 183 Å². The highest BCUT2D eigenvalue weighted by Crippen LogP contribution is 2.44. The van der Waals surface area contributed by atoms with E-state index in [-0.39, 0.29) is 10.9 Å². The monoisotopic (exact) mass is 444 g/mol. The fraction of sp³-hybridized carbons (Fsp3) is 0.348. The number of ether oxygens (including phenoxy) is 2. The lowest BCUT2D eigenvalue weighted by atomic mass is 10.0. The molecule has 1 aliphatic rings. The van der Waals surface area contributed by atoms with Gasteiger partial charge in [0.1, 0.15) is 0 Å². The van der Waals surface area contributed by atoms with Gasteiger partial charge >= 0.3 is 0 Å². The summed E-state index contributed by atoms with van der Waals surface area (Å²) in [6.45, 7) is 7.48. The van der Waals surface area contributed by atoms with Gasteiger partial charge in [-0.3, -0.25) is 9.10 Å². The van der Waals surface area contributed by atoms with Crippen LogP contribution < -0.4 is 19.1 Å². The topological polar surface area (TPSA) is 84.9 Å². The number of nitrogens with one attached hydrogen (secondary N) is 1. The van der Waals surface area contributed by atoms with E-state index in [0.717, 1.165) is 21.0 Å². The van der Waals surface area contributed by atoms with E-state index in [1.54, 1.807) is 19.1 Å². The molecule has 0 aliphatic carbocycles. The van der Waals surface area contributed by atoms with Crippen molar-refractivity contribution in [3.63, 3.8) is 0 Å². The molecule has 0 saturated heterocycles. The molecule has 0 spiro atoms. The molecular weight excluding hydrogens is 416 g/mol. The summed E-state index contributed by atoms with van der Waals surface area (Å²) in [5, 5.41) is 2.84. The number of nitrogens with zero attached hydrogens (tertiary/aromatic N) is 1. The van der Waals surface area contributed by atoms with Crippen molar-refractivity contribution >= 4 is 27.2 Å². The Morgan fingerprint density at radius 1 is 1.00 bits per heavy atom. The number of hydrogen-bond acceptors (Lipinski definition) is 5. The van der Waals surface area contributed by atoms with Crippen molar-refractivity contribution in [2.24, 2.45) is 0 Å². The van der Waals surface area contributed by atoms with E-state index in [0.29, 0.717) is 28.3 Å². The summed E-state index contributed by atoms with van der Waals surface area (Å²) in [5.74, 6) is 0.222. The van der Waals surface area contributed by atoms with Crippen LogP contribution in [0, 0.1) is 13.8 Å². The molecule has 1 amide bonds. The largest absolute Gasteiger partial charge is 0.493 e. The lowest BCUT2D eigenvalue weighted by Crippen LogP contribution is -2.39. The Hall–Kier alpha value is -3.00. The van der Waals surface area contributed by atoms with Gasteiger partial charge in [-0.15, -0.1) is 0 Å². The van der Waals surface area contributed by atoms with E-state index >= 15 is 0 Å². The van der Waals surface area contributed by atoms with Crippen molar-refractivity contribution in [1.29, 1.82) is 0 Å². The normalized spacial score (nSPS) is 15.9. The summed E-state index contributed by atoms with van der Waals surface area (Å²) < 4.78 is 38.2. The molecule has 2 aromatic carbocycles. The third kappa shape index (κ3) is 3.87. The molecule has 0 saturated carbocycles. The van der Waals surface area contributed by atoms with E-state index in [4.69, 9.17) is 9.47 Å². The molecule has 0 bridgehead atoms. The van der Waals surface area contributed by atoms with Gasteiger partial charge in [0, 0.05) is 18.7 Å². The van der Waals surface area contributed by atoms with Crippen LogP contribution in [0.3, 0.4) is 0 Å². The molecule has 166 valence electrons. The molecule has 2 aromatic rings. The number of amides is 1. The number of sulfonamides is 1. The highest BCUT2D eigenvalue weighted by molar-refractivity contribution is 7.97. The van der Waals surface area contributed by atoms with E-state index < -0.39 is 15.9 Å². The zero-order valence-corrected chi connectivity index (χ0v) is 19.7. The number of allylic oxidation sites excluding steroid dienone is 1.